The number of rotatable bonds is 9. The summed E-state index contributed by atoms with van der Waals surface area (Å²) in [6.45, 7) is 13.0. The lowest BCUT2D eigenvalue weighted by Crippen LogP contribution is -2.32. The molecule has 2 N–H and O–H groups in total. The van der Waals surface area contributed by atoms with Gasteiger partial charge in [-0.3, -0.25) is 4.79 Å². The Morgan fingerprint density at radius 1 is 1.09 bits per heavy atom. The number of halogens is 1. The van der Waals surface area contributed by atoms with Gasteiger partial charge in [0.2, 0.25) is 11.1 Å². The molecule has 0 saturated carbocycles. The molecule has 43 heavy (non-hydrogen) atoms. The van der Waals surface area contributed by atoms with E-state index >= 15 is 0 Å². The number of hydrogen-bond donors (Lipinski definition) is 2. The molecule has 1 aliphatic rings. The van der Waals surface area contributed by atoms with Crippen LogP contribution in [0, 0.1) is 6.92 Å². The zero-order chi connectivity index (χ0) is 30.7. The fourth-order valence-electron chi connectivity index (χ4n) is 5.00. The van der Waals surface area contributed by atoms with Crippen LogP contribution in [0.3, 0.4) is 0 Å². The zero-order valence-electron chi connectivity index (χ0n) is 25.5. The molecule has 4 aromatic rings. The second-order valence-electron chi connectivity index (χ2n) is 11.8. The van der Waals surface area contributed by atoms with Gasteiger partial charge in [-0.05, 0) is 66.6 Å². The topological polar surface area (TPSA) is 81.1 Å². The number of aryl methyl sites for hydroxylation is 1. The van der Waals surface area contributed by atoms with Gasteiger partial charge >= 0.3 is 0 Å². The van der Waals surface area contributed by atoms with E-state index in [1.165, 1.54) is 5.56 Å². The Bertz CT molecular complexity index is 1660. The van der Waals surface area contributed by atoms with Crippen LogP contribution in [0.2, 0.25) is 0 Å². The van der Waals surface area contributed by atoms with Crippen LogP contribution in [0.5, 0.6) is 5.75 Å². The van der Waals surface area contributed by atoms with Gasteiger partial charge in [0.1, 0.15) is 18.4 Å². The zero-order valence-corrected chi connectivity index (χ0v) is 27.9. The number of allylic oxidation sites excluding steroid dienone is 1. The predicted octanol–water partition coefficient (Wildman–Crippen LogP) is 8.66. The molecule has 0 bridgehead atoms. The van der Waals surface area contributed by atoms with Crippen molar-refractivity contribution in [1.82, 2.24) is 14.8 Å². The lowest BCUT2D eigenvalue weighted by Gasteiger charge is -2.30. The maximum atomic E-state index is 14.1. The largest absolute Gasteiger partial charge is 0.489 e. The molecule has 0 radical (unpaired) electrons. The Balaban J connectivity index is 1.55. The predicted molar refractivity (Wildman–Crippen MR) is 179 cm³/mol. The second-order valence-corrected chi connectivity index (χ2v) is 13.7. The van der Waals surface area contributed by atoms with E-state index in [0.717, 1.165) is 39.0 Å². The number of aromatic nitrogens is 3. The number of anilines is 2. The molecule has 1 aromatic heterocycles. The lowest BCUT2D eigenvalue weighted by atomic mass is 9.87. The highest BCUT2D eigenvalue weighted by atomic mass is 79.9. The van der Waals surface area contributed by atoms with E-state index in [4.69, 9.17) is 14.8 Å². The minimum absolute atomic E-state index is 0.0799. The molecule has 1 amide bonds. The summed E-state index contributed by atoms with van der Waals surface area (Å²) in [6.07, 6.45) is 1.01. The van der Waals surface area contributed by atoms with Gasteiger partial charge in [0.05, 0.1) is 5.57 Å². The standard InChI is InChI=1S/C34H38BrN5O2S/c1-7-18-43-33-38-32-36-22(3)29(31(41)37-27-11-9-8-10-21(27)2)30(40(32)39-33)26-19-25(35)16-17-28(26)42-20-23-12-14-24(15-13-23)34(4,5)6/h8-17,19,30H,7,18,20H2,1-6H3,(H,37,41)(H,36,38,39). The van der Waals surface area contributed by atoms with Crippen molar-refractivity contribution in [3.63, 3.8) is 0 Å². The summed E-state index contributed by atoms with van der Waals surface area (Å²) in [4.78, 5) is 18.8. The molecule has 0 saturated heterocycles. The smallest absolute Gasteiger partial charge is 0.255 e. The van der Waals surface area contributed by atoms with Gasteiger partial charge < -0.3 is 15.4 Å². The van der Waals surface area contributed by atoms with E-state index in [-0.39, 0.29) is 11.3 Å². The fourth-order valence-corrected chi connectivity index (χ4v) is 6.06. The van der Waals surface area contributed by atoms with Gasteiger partial charge in [-0.1, -0.05) is 97.9 Å². The number of benzene rings is 3. The van der Waals surface area contributed by atoms with Crippen molar-refractivity contribution in [1.29, 1.82) is 0 Å². The van der Waals surface area contributed by atoms with E-state index in [0.29, 0.717) is 34.7 Å². The molecule has 0 spiro atoms. The minimum Gasteiger partial charge on any atom is -0.489 e. The van der Waals surface area contributed by atoms with Crippen LogP contribution in [0.25, 0.3) is 0 Å². The third kappa shape index (κ3) is 6.99. The van der Waals surface area contributed by atoms with Gasteiger partial charge in [-0.2, -0.15) is 4.98 Å². The maximum Gasteiger partial charge on any atom is 0.255 e. The van der Waals surface area contributed by atoms with Crippen LogP contribution >= 0.6 is 27.7 Å². The van der Waals surface area contributed by atoms with Gasteiger partial charge in [-0.15, -0.1) is 5.10 Å². The Kier molecular flexibility index (Phi) is 9.32. The molecule has 9 heteroatoms. The maximum absolute atomic E-state index is 14.1. The molecule has 1 aliphatic heterocycles. The van der Waals surface area contributed by atoms with Crippen molar-refractivity contribution in [3.8, 4) is 5.75 Å². The molecular weight excluding hydrogens is 622 g/mol. The quantitative estimate of drug-likeness (QED) is 0.175. The van der Waals surface area contributed by atoms with Crippen molar-refractivity contribution in [3.05, 3.63) is 105 Å². The Labute approximate surface area is 266 Å². The van der Waals surface area contributed by atoms with Crippen LogP contribution in [0.15, 0.2) is 87.6 Å². The van der Waals surface area contributed by atoms with E-state index in [9.17, 15) is 4.79 Å². The fraction of sp³-hybridized carbons (Fsp3) is 0.324. The van der Waals surface area contributed by atoms with E-state index < -0.39 is 6.04 Å². The average molecular weight is 661 g/mol. The monoisotopic (exact) mass is 659 g/mol. The molecule has 0 aliphatic carbocycles. The molecule has 1 atom stereocenters. The molecule has 224 valence electrons. The van der Waals surface area contributed by atoms with Crippen LogP contribution in [0.4, 0.5) is 11.6 Å². The third-order valence-corrected chi connectivity index (χ3v) is 8.92. The van der Waals surface area contributed by atoms with Crippen molar-refractivity contribution in [2.24, 2.45) is 0 Å². The summed E-state index contributed by atoms with van der Waals surface area (Å²) in [5, 5.41) is 12.0. The van der Waals surface area contributed by atoms with Crippen molar-refractivity contribution >= 4 is 45.2 Å². The molecule has 1 unspecified atom stereocenters. The first-order chi connectivity index (χ1) is 20.5. The first-order valence-electron chi connectivity index (χ1n) is 14.5. The Morgan fingerprint density at radius 3 is 2.53 bits per heavy atom. The number of nitrogens with zero attached hydrogens (tertiary/aromatic N) is 3. The van der Waals surface area contributed by atoms with Crippen molar-refractivity contribution in [2.45, 2.75) is 71.2 Å². The molecule has 0 fully saturated rings. The number of nitrogens with one attached hydrogen (secondary N) is 2. The highest BCUT2D eigenvalue weighted by molar-refractivity contribution is 9.10. The molecular formula is C34H38BrN5O2S. The Hall–Kier alpha value is -3.56. The number of carbonyl (C=O) groups excluding carboxylic acids is 1. The molecule has 3 aromatic carbocycles. The number of hydrogen-bond acceptors (Lipinski definition) is 6. The highest BCUT2D eigenvalue weighted by Crippen LogP contribution is 2.41. The number of para-hydroxylation sites is 1. The summed E-state index contributed by atoms with van der Waals surface area (Å²) >= 11 is 5.26. The molecule has 7 nitrogen and oxygen atoms in total. The summed E-state index contributed by atoms with van der Waals surface area (Å²) in [6, 6.07) is 21.6. The first kappa shape index (κ1) is 30.9. The first-order valence-corrected chi connectivity index (χ1v) is 16.3. The summed E-state index contributed by atoms with van der Waals surface area (Å²) < 4.78 is 9.17. The van der Waals surface area contributed by atoms with Gasteiger partial charge in [-0.25, -0.2) is 4.68 Å². The number of carbonyl (C=O) groups is 1. The molecule has 5 rings (SSSR count). The summed E-state index contributed by atoms with van der Waals surface area (Å²) in [5.74, 6) is 1.96. The van der Waals surface area contributed by atoms with Gasteiger partial charge in [0.25, 0.3) is 5.91 Å². The van der Waals surface area contributed by atoms with Crippen LogP contribution < -0.4 is 15.4 Å². The minimum atomic E-state index is -0.570. The van der Waals surface area contributed by atoms with Crippen molar-refractivity contribution < 1.29 is 9.53 Å². The van der Waals surface area contributed by atoms with E-state index in [1.54, 1.807) is 11.8 Å². The third-order valence-electron chi connectivity index (χ3n) is 7.39. The second kappa shape index (κ2) is 13.0. The number of thioether (sulfide) groups is 1. The van der Waals surface area contributed by atoms with Gasteiger partial charge in [0, 0.05) is 27.2 Å². The number of amides is 1. The number of fused-ring (bicyclic) bond motifs is 1. The van der Waals surface area contributed by atoms with E-state index in [1.807, 2.05) is 61.0 Å². The van der Waals surface area contributed by atoms with E-state index in [2.05, 4.69) is 78.5 Å². The van der Waals surface area contributed by atoms with Crippen LogP contribution in [0.1, 0.15) is 69.3 Å². The SMILES string of the molecule is CCCSc1nc2n(n1)C(c1cc(Br)ccc1OCc1ccc(C(C)(C)C)cc1)C(C(=O)Nc1ccccc1C)=C(C)N2. The van der Waals surface area contributed by atoms with Crippen molar-refractivity contribution in [2.75, 3.05) is 16.4 Å². The summed E-state index contributed by atoms with van der Waals surface area (Å²) in [5.41, 5.74) is 6.24. The van der Waals surface area contributed by atoms with Gasteiger partial charge in [0.15, 0.2) is 0 Å². The normalized spacial score (nSPS) is 14.7. The number of ether oxygens (including phenoxy) is 1. The van der Waals surface area contributed by atoms with Crippen LogP contribution in [-0.4, -0.2) is 26.4 Å². The summed E-state index contributed by atoms with van der Waals surface area (Å²) in [7, 11) is 0. The average Bonchev–Trinajstić information content (AvgIpc) is 3.37. The molecule has 2 heterocycles. The lowest BCUT2D eigenvalue weighted by molar-refractivity contribution is -0.113. The van der Waals surface area contributed by atoms with Crippen LogP contribution in [-0.2, 0) is 16.8 Å². The highest BCUT2D eigenvalue weighted by Gasteiger charge is 2.36. The Morgan fingerprint density at radius 2 is 1.84 bits per heavy atom.